The van der Waals surface area contributed by atoms with Crippen molar-refractivity contribution in [2.75, 3.05) is 16.0 Å². The van der Waals surface area contributed by atoms with Gasteiger partial charge in [0.15, 0.2) is 16.9 Å². The van der Waals surface area contributed by atoms with Crippen molar-refractivity contribution in [2.45, 2.75) is 30.2 Å². The van der Waals surface area contributed by atoms with Gasteiger partial charge in [0.05, 0.1) is 74.1 Å². The summed E-state index contributed by atoms with van der Waals surface area (Å²) >= 11 is 0. The highest BCUT2D eigenvalue weighted by Gasteiger charge is 2.26. The van der Waals surface area contributed by atoms with Gasteiger partial charge in [0.2, 0.25) is 37.9 Å². The Morgan fingerprint density at radius 1 is 0.597 bits per heavy atom. The van der Waals surface area contributed by atoms with Crippen molar-refractivity contribution in [3.8, 4) is 28.3 Å². The molecular weight excluding hydrogens is 1020 g/mol. The van der Waals surface area contributed by atoms with Gasteiger partial charge in [-0.1, -0.05) is 36.4 Å². The number of anilines is 6. The van der Waals surface area contributed by atoms with Gasteiger partial charge in [-0.2, -0.15) is 25.1 Å². The molecule has 7 N–H and O–H groups in total. The predicted octanol–water partition coefficient (Wildman–Crippen LogP) is 5.95. The maximum Gasteiger partial charge on any atom is 0.366 e. The van der Waals surface area contributed by atoms with E-state index in [1.807, 2.05) is 97.1 Å². The molecular formula is C51H43N20O4S2+. The number of nitrogens with zero attached hydrogens (tertiary/aromatic N) is 15. The summed E-state index contributed by atoms with van der Waals surface area (Å²) in [5, 5.41) is 41.2. The lowest BCUT2D eigenvalue weighted by molar-refractivity contribution is -0.598. The Hall–Kier alpha value is -9.89. The van der Waals surface area contributed by atoms with E-state index < -0.39 is 20.0 Å². The fourth-order valence-corrected chi connectivity index (χ4v) is 10.4. The first kappa shape index (κ1) is 48.1. The van der Waals surface area contributed by atoms with Crippen molar-refractivity contribution in [2.24, 2.45) is 17.3 Å². The van der Waals surface area contributed by atoms with E-state index in [4.69, 9.17) is 30.4 Å². The second-order valence-corrected chi connectivity index (χ2v) is 21.1. The molecule has 26 heteroatoms. The zero-order valence-electron chi connectivity index (χ0n) is 41.0. The zero-order chi connectivity index (χ0) is 53.2. The minimum atomic E-state index is -4.00. The molecule has 0 bridgehead atoms. The van der Waals surface area contributed by atoms with Crippen LogP contribution in [0.15, 0.2) is 163 Å². The van der Waals surface area contributed by atoms with Gasteiger partial charge in [-0.15, -0.1) is 9.78 Å². The Balaban J connectivity index is 0.854. The number of nitrogens with one attached hydrogen (secondary N) is 3. The highest BCUT2D eigenvalue weighted by atomic mass is 32.2. The Labute approximate surface area is 437 Å². The number of hydrogen-bond donors (Lipinski definition) is 5. The van der Waals surface area contributed by atoms with Crippen LogP contribution in [0.1, 0.15) is 16.7 Å². The second-order valence-electron chi connectivity index (χ2n) is 18.0. The maximum atomic E-state index is 12.4. The molecule has 0 unspecified atom stereocenters. The first-order chi connectivity index (χ1) is 37.0. The van der Waals surface area contributed by atoms with E-state index in [9.17, 15) is 16.8 Å². The molecule has 0 amide bonds. The fraction of sp³-hybridized carbons (Fsp3) is 0.0784. The molecule has 24 nitrogen and oxygen atoms in total. The van der Waals surface area contributed by atoms with E-state index in [1.165, 1.54) is 12.1 Å². The van der Waals surface area contributed by atoms with Crippen LogP contribution in [-0.4, -0.2) is 85.9 Å². The number of aromatic nitrogens is 15. The Morgan fingerprint density at radius 2 is 1.26 bits per heavy atom. The monoisotopic (exact) mass is 1060 g/mol. The molecule has 0 aliphatic heterocycles. The van der Waals surface area contributed by atoms with Crippen molar-refractivity contribution in [3.05, 3.63) is 170 Å². The SMILES string of the molecule is Cc1ccc(Nc2ncc3cn(-c4cccc(-c5ccc(-n6nc(-[n+]7cccc(Cn8ncc9cnc(Nc%10cnn(C)c%10)nc98)c7)c7cnc(Nc8ccc(C)c(S(N)(=O)=O)c8)nc76)cc5)c4)nc3n2)cc1S(N)(=O)=O. The van der Waals surface area contributed by atoms with Crippen LogP contribution in [-0.2, 0) is 33.6 Å². The number of pyridine rings is 1. The first-order valence-electron chi connectivity index (χ1n) is 23.5. The molecule has 77 heavy (non-hydrogen) atoms. The number of nitrogens with two attached hydrogens (primary N) is 2. The molecule has 0 aliphatic carbocycles. The molecule has 0 aliphatic rings. The van der Waals surface area contributed by atoms with Crippen LogP contribution >= 0.6 is 0 Å². The highest BCUT2D eigenvalue weighted by molar-refractivity contribution is 7.89. The molecule has 0 saturated heterocycles. The van der Waals surface area contributed by atoms with Crippen molar-refractivity contribution in [1.29, 1.82) is 0 Å². The van der Waals surface area contributed by atoms with E-state index in [1.54, 1.807) is 87.8 Å². The third-order valence-electron chi connectivity index (χ3n) is 12.5. The summed E-state index contributed by atoms with van der Waals surface area (Å²) in [6.07, 6.45) is 16.0. The minimum absolute atomic E-state index is 0.00368. The Kier molecular flexibility index (Phi) is 11.7. The summed E-state index contributed by atoms with van der Waals surface area (Å²) in [6.45, 7) is 3.72. The number of benzene rings is 4. The third-order valence-corrected chi connectivity index (χ3v) is 14.6. The molecule has 0 atom stereocenters. The van der Waals surface area contributed by atoms with E-state index in [0.29, 0.717) is 74.2 Å². The Morgan fingerprint density at radius 3 is 1.95 bits per heavy atom. The summed E-state index contributed by atoms with van der Waals surface area (Å²) in [6, 6.07) is 29.3. The molecule has 0 radical (unpaired) electrons. The summed E-state index contributed by atoms with van der Waals surface area (Å²) in [4.78, 5) is 27.8. The second kappa shape index (κ2) is 18.8. The van der Waals surface area contributed by atoms with Crippen LogP contribution in [0, 0.1) is 13.8 Å². The van der Waals surface area contributed by atoms with Crippen LogP contribution in [0.3, 0.4) is 0 Å². The molecule has 0 spiro atoms. The standard InChI is InChI=1S/C51H43N20O4S2/c1-30-9-13-37(19-43(30)76(52,72)73)59-49-55-22-36-28-69(65-45(36)62-49)41-8-4-7-34(18-41)33-11-15-40(16-12-33)71-47-42(25-56-51(64-47)60-38-14-10-31(2)44(20-38)77(53,74)75)48(66-71)68-17-5-6-32(26-68)27-70-46-35(23-58-70)21-54-50(63-46)61-39-24-57-67(3)29-39/h4-26,28-29H,27H2,1-3H3,(H2,52,72,73)(H2,53,74,75)(H,54,61,63)(H,56,60,64)(H,59,62,65)/q+1. The lowest BCUT2D eigenvalue weighted by atomic mass is 10.0. The number of sulfonamides is 2. The zero-order valence-corrected chi connectivity index (χ0v) is 42.6. The number of hydrogen-bond acceptors (Lipinski definition) is 17. The van der Waals surface area contributed by atoms with Crippen LogP contribution in [0.25, 0.3) is 61.4 Å². The molecule has 382 valence electrons. The molecule has 8 heterocycles. The highest BCUT2D eigenvalue weighted by Crippen LogP contribution is 2.29. The lowest BCUT2D eigenvalue weighted by Gasteiger charge is -2.09. The number of rotatable bonds is 14. The van der Waals surface area contributed by atoms with Crippen molar-refractivity contribution >= 4 is 88.1 Å². The van der Waals surface area contributed by atoms with Gasteiger partial charge >= 0.3 is 5.82 Å². The largest absolute Gasteiger partial charge is 0.366 e. The third kappa shape index (κ3) is 9.73. The van der Waals surface area contributed by atoms with Gasteiger partial charge in [-0.25, -0.2) is 56.0 Å². The minimum Gasteiger partial charge on any atom is -0.324 e. The summed E-state index contributed by atoms with van der Waals surface area (Å²) in [5.74, 6) is 1.37. The molecule has 4 aromatic carbocycles. The number of fused-ring (bicyclic) bond motifs is 3. The summed E-state index contributed by atoms with van der Waals surface area (Å²) < 4.78 is 57.9. The molecule has 8 aromatic heterocycles. The number of primary sulfonamides is 2. The smallest absolute Gasteiger partial charge is 0.324 e. The number of aryl methyl sites for hydroxylation is 3. The average Bonchev–Trinajstić information content (AvgIpc) is 4.31. The maximum absolute atomic E-state index is 12.4. The van der Waals surface area contributed by atoms with Crippen molar-refractivity contribution in [1.82, 2.24) is 69.0 Å². The van der Waals surface area contributed by atoms with Crippen molar-refractivity contribution in [3.63, 3.8) is 0 Å². The van der Waals surface area contributed by atoms with Crippen LogP contribution in [0.4, 0.5) is 34.9 Å². The Bertz CT molecular complexity index is 4530. The average molecular weight is 1060 g/mol. The lowest BCUT2D eigenvalue weighted by Crippen LogP contribution is -2.31. The van der Waals surface area contributed by atoms with Gasteiger partial charge in [-0.05, 0) is 96.8 Å². The molecule has 0 saturated carbocycles. The molecule has 12 rings (SSSR count). The van der Waals surface area contributed by atoms with Gasteiger partial charge in [-0.3, -0.25) is 4.68 Å². The van der Waals surface area contributed by atoms with Crippen LogP contribution in [0.2, 0.25) is 0 Å². The van der Waals surface area contributed by atoms with E-state index in [0.717, 1.165) is 33.5 Å². The topological polar surface area (TPSA) is 309 Å². The first-order valence-corrected chi connectivity index (χ1v) is 26.6. The van der Waals surface area contributed by atoms with E-state index in [2.05, 4.69) is 46.1 Å². The summed E-state index contributed by atoms with van der Waals surface area (Å²) in [7, 11) is -6.10. The van der Waals surface area contributed by atoms with E-state index in [-0.39, 0.29) is 21.7 Å². The molecule has 0 fully saturated rings. The molecule has 12 aromatic rings. The normalized spacial score (nSPS) is 12.0. The predicted molar refractivity (Wildman–Crippen MR) is 286 cm³/mol. The fourth-order valence-electron chi connectivity index (χ4n) is 8.76. The quantitative estimate of drug-likeness (QED) is 0.0786. The van der Waals surface area contributed by atoms with Crippen molar-refractivity contribution < 1.29 is 21.4 Å². The van der Waals surface area contributed by atoms with Gasteiger partial charge < -0.3 is 16.0 Å². The van der Waals surface area contributed by atoms with Crippen LogP contribution in [0.5, 0.6) is 0 Å². The van der Waals surface area contributed by atoms with Gasteiger partial charge in [0.1, 0.15) is 11.6 Å². The summed E-state index contributed by atoms with van der Waals surface area (Å²) in [5.41, 5.74) is 8.37. The van der Waals surface area contributed by atoms with Gasteiger partial charge in [0.25, 0.3) is 0 Å². The van der Waals surface area contributed by atoms with Crippen LogP contribution < -0.4 is 30.8 Å². The van der Waals surface area contributed by atoms with E-state index >= 15 is 0 Å². The van der Waals surface area contributed by atoms with Gasteiger partial charge in [0, 0.05) is 48.8 Å².